The lowest BCUT2D eigenvalue weighted by atomic mass is 9.84. The highest BCUT2D eigenvalue weighted by Crippen LogP contribution is 2.49. The van der Waals surface area contributed by atoms with Crippen LogP contribution in [0.15, 0.2) is 41.5 Å². The fraction of sp³-hybridized carbons (Fsp3) is 0.458. The monoisotopic (exact) mass is 456 g/mol. The Kier molecular flexibility index (Phi) is 5.19. The molecule has 1 N–H and O–H groups in total. The van der Waals surface area contributed by atoms with Crippen LogP contribution in [0.4, 0.5) is 0 Å². The van der Waals surface area contributed by atoms with Crippen LogP contribution < -0.4 is 4.74 Å². The van der Waals surface area contributed by atoms with Gasteiger partial charge in [0.1, 0.15) is 27.5 Å². The van der Waals surface area contributed by atoms with Crippen LogP contribution in [0.2, 0.25) is 0 Å². The fourth-order valence-corrected chi connectivity index (χ4v) is 7.06. The van der Waals surface area contributed by atoms with Crippen molar-refractivity contribution in [3.05, 3.63) is 53.3 Å². The number of carbonyl (C=O) groups is 1. The van der Waals surface area contributed by atoms with Gasteiger partial charge in [-0.25, -0.2) is 13.4 Å². The summed E-state index contributed by atoms with van der Waals surface area (Å²) in [7, 11) is -3.56. The number of Topliss-reactive ketones (excluding diaryl/α,β-unsaturated/α-hetero) is 1. The molecule has 0 saturated carbocycles. The van der Waals surface area contributed by atoms with Crippen molar-refractivity contribution in [2.75, 3.05) is 0 Å². The summed E-state index contributed by atoms with van der Waals surface area (Å²) in [5.74, 6) is 0.381. The maximum atomic E-state index is 13.6. The molecule has 0 radical (unpaired) electrons. The summed E-state index contributed by atoms with van der Waals surface area (Å²) >= 11 is 0. The number of aromatic nitrogens is 1. The highest BCUT2D eigenvalue weighted by atomic mass is 32.2. The molecule has 0 bridgehead atoms. The van der Waals surface area contributed by atoms with Crippen LogP contribution in [-0.2, 0) is 21.8 Å². The third-order valence-electron chi connectivity index (χ3n) is 6.85. The van der Waals surface area contributed by atoms with Crippen LogP contribution in [0.25, 0.3) is 0 Å². The molecule has 2 aromatic rings. The summed E-state index contributed by atoms with van der Waals surface area (Å²) in [5, 5.41) is 8.66. The van der Waals surface area contributed by atoms with E-state index in [0.717, 1.165) is 5.56 Å². The van der Waals surface area contributed by atoms with Crippen LogP contribution in [0.5, 0.6) is 11.5 Å². The van der Waals surface area contributed by atoms with Crippen molar-refractivity contribution < 1.29 is 23.1 Å². The van der Waals surface area contributed by atoms with Gasteiger partial charge in [0.2, 0.25) is 0 Å². The quantitative estimate of drug-likeness (QED) is 0.707. The molecule has 1 aromatic carbocycles. The topological polar surface area (TPSA) is 106 Å². The van der Waals surface area contributed by atoms with Gasteiger partial charge in [-0.3, -0.25) is 9.79 Å². The van der Waals surface area contributed by atoms with Crippen LogP contribution in [0, 0.1) is 0 Å². The van der Waals surface area contributed by atoms with E-state index >= 15 is 0 Å². The molecule has 8 heteroatoms. The van der Waals surface area contributed by atoms with Gasteiger partial charge in [0.05, 0.1) is 17.6 Å². The van der Waals surface area contributed by atoms with Crippen molar-refractivity contribution in [3.8, 4) is 11.5 Å². The Morgan fingerprint density at radius 2 is 1.94 bits per heavy atom. The average Bonchev–Trinajstić information content (AvgIpc) is 2.82. The predicted molar refractivity (Wildman–Crippen MR) is 122 cm³/mol. The lowest BCUT2D eigenvalue weighted by Crippen LogP contribution is -2.57. The van der Waals surface area contributed by atoms with Gasteiger partial charge in [0.25, 0.3) is 0 Å². The summed E-state index contributed by atoms with van der Waals surface area (Å²) < 4.78 is 32.4. The Bertz CT molecular complexity index is 1220. The molecule has 0 aliphatic carbocycles. The number of pyridine rings is 1. The molecule has 3 heterocycles. The smallest absolute Gasteiger partial charge is 0.185 e. The van der Waals surface area contributed by atoms with Gasteiger partial charge in [0.15, 0.2) is 15.6 Å². The van der Waals surface area contributed by atoms with E-state index in [2.05, 4.69) is 4.98 Å². The van der Waals surface area contributed by atoms with Crippen LogP contribution >= 0.6 is 0 Å². The molecular formula is C24H28N2O5S. The van der Waals surface area contributed by atoms with E-state index in [0.29, 0.717) is 23.4 Å². The second kappa shape index (κ2) is 7.40. The lowest BCUT2D eigenvalue weighted by Gasteiger charge is -2.44. The number of hydrogen-bond acceptors (Lipinski definition) is 7. The third-order valence-corrected chi connectivity index (χ3v) is 9.96. The normalized spacial score (nSPS) is 27.8. The Morgan fingerprint density at radius 1 is 1.22 bits per heavy atom. The fourth-order valence-electron chi connectivity index (χ4n) is 4.59. The highest BCUT2D eigenvalue weighted by Gasteiger charge is 2.57. The van der Waals surface area contributed by atoms with E-state index in [4.69, 9.17) is 9.73 Å². The maximum absolute atomic E-state index is 13.6. The number of rotatable bonds is 3. The zero-order chi connectivity index (χ0) is 23.5. The summed E-state index contributed by atoms with van der Waals surface area (Å²) in [4.78, 5) is 21.6. The van der Waals surface area contributed by atoms with Crippen molar-refractivity contribution in [2.45, 2.75) is 69.1 Å². The number of ketones is 1. The number of benzene rings is 1. The number of nitrogens with zero attached hydrogens (tertiary/aromatic N) is 2. The summed E-state index contributed by atoms with van der Waals surface area (Å²) in [6.45, 7) is 8.89. The Morgan fingerprint density at radius 3 is 2.59 bits per heavy atom. The first-order valence-electron chi connectivity index (χ1n) is 10.6. The molecule has 0 amide bonds. The molecule has 7 nitrogen and oxygen atoms in total. The van der Waals surface area contributed by atoms with Crippen LogP contribution in [0.1, 0.15) is 62.7 Å². The molecule has 0 spiro atoms. The SMILES string of the molecule is CC1=N[C@]2(C)c3cc(CC(=O)c4ccc(O)cn4)ccc3O[C@@H](C)C[C@H]2S(=O)(=O)C1(C)C. The van der Waals surface area contributed by atoms with E-state index in [9.17, 15) is 18.3 Å². The highest BCUT2D eigenvalue weighted by molar-refractivity contribution is 7.94. The Hall–Kier alpha value is -2.74. The standard InChI is InChI=1S/C24H28N2O5S/c1-14-10-22-24(5,26-15(2)23(3,4)32(22,29)30)18-11-16(6-9-21(18)31-14)12-20(28)19-8-7-17(27)13-25-19/h6-9,11,13-14,22,27H,10,12H2,1-5H3/t14-,22+,24+/m0/s1. The van der Waals surface area contributed by atoms with Gasteiger partial charge < -0.3 is 9.84 Å². The van der Waals surface area contributed by atoms with E-state index in [1.54, 1.807) is 26.8 Å². The van der Waals surface area contributed by atoms with Gasteiger partial charge in [-0.1, -0.05) is 6.07 Å². The number of hydrogen-bond donors (Lipinski definition) is 1. The number of carbonyl (C=O) groups excluding carboxylic acids is 1. The zero-order valence-electron chi connectivity index (χ0n) is 18.9. The molecule has 0 saturated heterocycles. The minimum atomic E-state index is -3.56. The minimum Gasteiger partial charge on any atom is -0.506 e. The van der Waals surface area contributed by atoms with Crippen molar-refractivity contribution in [3.63, 3.8) is 0 Å². The molecule has 0 unspecified atom stereocenters. The van der Waals surface area contributed by atoms with Gasteiger partial charge in [-0.2, -0.15) is 0 Å². The van der Waals surface area contributed by atoms with E-state index < -0.39 is 25.4 Å². The maximum Gasteiger partial charge on any atom is 0.185 e. The first kappa shape index (κ1) is 22.5. The van der Waals surface area contributed by atoms with E-state index in [1.165, 1.54) is 18.3 Å². The van der Waals surface area contributed by atoms with E-state index in [1.807, 2.05) is 26.0 Å². The van der Waals surface area contributed by atoms with Crippen molar-refractivity contribution in [1.29, 1.82) is 0 Å². The molecule has 4 rings (SSSR count). The van der Waals surface area contributed by atoms with Gasteiger partial charge in [-0.05, 0) is 64.4 Å². The van der Waals surface area contributed by atoms with Gasteiger partial charge in [0, 0.05) is 24.1 Å². The first-order valence-corrected chi connectivity index (χ1v) is 12.2. The largest absolute Gasteiger partial charge is 0.506 e. The number of fused-ring (bicyclic) bond motifs is 3. The van der Waals surface area contributed by atoms with Gasteiger partial charge >= 0.3 is 0 Å². The molecule has 1 aromatic heterocycles. The summed E-state index contributed by atoms with van der Waals surface area (Å²) in [6.07, 6.45) is 1.35. The predicted octanol–water partition coefficient (Wildman–Crippen LogP) is 3.64. The zero-order valence-corrected chi connectivity index (χ0v) is 19.7. The Balaban J connectivity index is 1.81. The number of sulfone groups is 1. The second-order valence-electron chi connectivity index (χ2n) is 9.38. The van der Waals surface area contributed by atoms with Crippen molar-refractivity contribution in [1.82, 2.24) is 4.98 Å². The van der Waals surface area contributed by atoms with Crippen LogP contribution in [-0.4, -0.2) is 46.1 Å². The minimum absolute atomic E-state index is 0.00789. The average molecular weight is 457 g/mol. The van der Waals surface area contributed by atoms with Gasteiger partial charge in [-0.15, -0.1) is 0 Å². The number of aromatic hydroxyl groups is 1. The molecule has 2 aliphatic rings. The number of ether oxygens (including phenoxy) is 1. The molecule has 3 atom stereocenters. The molecule has 32 heavy (non-hydrogen) atoms. The summed E-state index contributed by atoms with van der Waals surface area (Å²) in [6, 6.07) is 8.34. The van der Waals surface area contributed by atoms with Crippen LogP contribution in [0.3, 0.4) is 0 Å². The molecule has 2 aliphatic heterocycles. The number of aliphatic imine (C=N–C) groups is 1. The molecule has 0 fully saturated rings. The summed E-state index contributed by atoms with van der Waals surface area (Å²) in [5.41, 5.74) is 1.19. The third kappa shape index (κ3) is 3.41. The molecular weight excluding hydrogens is 428 g/mol. The van der Waals surface area contributed by atoms with Crippen molar-refractivity contribution >= 4 is 21.3 Å². The lowest BCUT2D eigenvalue weighted by molar-refractivity contribution is 0.0988. The first-order chi connectivity index (χ1) is 14.9. The van der Waals surface area contributed by atoms with Crippen molar-refractivity contribution in [2.24, 2.45) is 4.99 Å². The molecule has 170 valence electrons. The van der Waals surface area contributed by atoms with E-state index in [-0.39, 0.29) is 29.8 Å². The second-order valence-corrected chi connectivity index (χ2v) is 12.1. The Labute approximate surface area is 188 Å².